The second-order valence-corrected chi connectivity index (χ2v) is 9.25. The van der Waals surface area contributed by atoms with Crippen molar-refractivity contribution >= 4 is 33.2 Å². The minimum absolute atomic E-state index is 0.000343. The van der Waals surface area contributed by atoms with Crippen LogP contribution in [-0.2, 0) is 14.8 Å². The number of piperidine rings is 1. The Morgan fingerprint density at radius 1 is 1.33 bits per heavy atom. The number of hydrogen-bond donors (Lipinski definition) is 1. The molecule has 1 aliphatic rings. The third kappa shape index (κ3) is 4.93. The summed E-state index contributed by atoms with van der Waals surface area (Å²) in [6, 6.07) is 13.1. The number of halogens is 1. The minimum atomic E-state index is -3.89. The maximum absolute atomic E-state index is 13.3. The van der Waals surface area contributed by atoms with Crippen molar-refractivity contribution in [2.24, 2.45) is 5.92 Å². The van der Waals surface area contributed by atoms with Gasteiger partial charge in [0.15, 0.2) is 0 Å². The molecule has 1 N–H and O–H groups in total. The Labute approximate surface area is 181 Å². The van der Waals surface area contributed by atoms with E-state index in [1.807, 2.05) is 6.07 Å². The van der Waals surface area contributed by atoms with Crippen LogP contribution in [0.2, 0.25) is 5.02 Å². The molecule has 1 atom stereocenters. The third-order valence-electron chi connectivity index (χ3n) is 4.84. The van der Waals surface area contributed by atoms with Crippen molar-refractivity contribution in [1.29, 1.82) is 5.26 Å². The molecule has 0 aromatic heterocycles. The Kier molecular flexibility index (Phi) is 6.98. The molecule has 1 saturated heterocycles. The summed E-state index contributed by atoms with van der Waals surface area (Å²) in [5, 5.41) is 12.1. The van der Waals surface area contributed by atoms with Gasteiger partial charge in [0.2, 0.25) is 15.9 Å². The Morgan fingerprint density at radius 2 is 2.13 bits per heavy atom. The number of benzene rings is 2. The molecule has 1 amide bonds. The van der Waals surface area contributed by atoms with Crippen LogP contribution in [0, 0.1) is 17.2 Å². The summed E-state index contributed by atoms with van der Waals surface area (Å²) in [6.07, 6.45) is 1.13. The number of hydrogen-bond acceptors (Lipinski definition) is 5. The number of nitrogens with one attached hydrogen (secondary N) is 1. The van der Waals surface area contributed by atoms with Crippen molar-refractivity contribution in [2.75, 3.05) is 25.0 Å². The van der Waals surface area contributed by atoms with Gasteiger partial charge in [-0.3, -0.25) is 4.79 Å². The van der Waals surface area contributed by atoms with Gasteiger partial charge in [-0.05, 0) is 56.2 Å². The number of amides is 1. The summed E-state index contributed by atoms with van der Waals surface area (Å²) in [7, 11) is -3.89. The van der Waals surface area contributed by atoms with E-state index in [1.54, 1.807) is 37.3 Å². The van der Waals surface area contributed by atoms with Gasteiger partial charge in [-0.15, -0.1) is 0 Å². The second-order valence-electron chi connectivity index (χ2n) is 6.91. The fourth-order valence-corrected chi connectivity index (χ4v) is 5.30. The van der Waals surface area contributed by atoms with Gasteiger partial charge < -0.3 is 10.1 Å². The number of ether oxygens (including phenoxy) is 1. The molecule has 158 valence electrons. The van der Waals surface area contributed by atoms with Crippen LogP contribution in [0.3, 0.4) is 0 Å². The molecular formula is C21H22ClN3O4S. The molecule has 2 aromatic carbocycles. The lowest BCUT2D eigenvalue weighted by atomic mass is 9.98. The smallest absolute Gasteiger partial charge is 0.246 e. The average Bonchev–Trinajstić information content (AvgIpc) is 2.75. The second kappa shape index (κ2) is 9.47. The molecule has 9 heteroatoms. The van der Waals surface area contributed by atoms with Crippen LogP contribution in [0.4, 0.5) is 5.69 Å². The summed E-state index contributed by atoms with van der Waals surface area (Å²) >= 11 is 6.03. The molecule has 30 heavy (non-hydrogen) atoms. The zero-order valence-corrected chi connectivity index (χ0v) is 18.0. The van der Waals surface area contributed by atoms with E-state index in [0.717, 1.165) is 0 Å². The van der Waals surface area contributed by atoms with Crippen molar-refractivity contribution in [1.82, 2.24) is 4.31 Å². The highest BCUT2D eigenvalue weighted by Crippen LogP contribution is 2.32. The largest absolute Gasteiger partial charge is 0.492 e. The summed E-state index contributed by atoms with van der Waals surface area (Å²) in [5.41, 5.74) is 0.942. The predicted molar refractivity (Wildman–Crippen MR) is 114 cm³/mol. The number of sulfonamides is 1. The Morgan fingerprint density at radius 3 is 2.87 bits per heavy atom. The number of rotatable bonds is 6. The summed E-state index contributed by atoms with van der Waals surface area (Å²) < 4.78 is 33.3. The van der Waals surface area contributed by atoms with Crippen LogP contribution in [0.5, 0.6) is 5.75 Å². The Balaban J connectivity index is 1.79. The van der Waals surface area contributed by atoms with Crippen molar-refractivity contribution in [3.8, 4) is 11.8 Å². The van der Waals surface area contributed by atoms with Crippen molar-refractivity contribution in [2.45, 2.75) is 24.7 Å². The molecule has 0 radical (unpaired) electrons. The van der Waals surface area contributed by atoms with Crippen LogP contribution >= 0.6 is 11.6 Å². The first kappa shape index (κ1) is 22.1. The van der Waals surface area contributed by atoms with Gasteiger partial charge in [0.25, 0.3) is 0 Å². The standard InChI is InChI=1S/C21H22ClN3O4S/c1-2-29-19-9-8-17(22)12-20(19)30(27,28)25-10-4-6-16(14-25)21(26)24-18-7-3-5-15(11-18)13-23/h3,5,7-9,11-12,16H,2,4,6,10,14H2,1H3,(H,24,26). The molecule has 1 aliphatic heterocycles. The highest BCUT2D eigenvalue weighted by molar-refractivity contribution is 7.89. The van der Waals surface area contributed by atoms with E-state index in [0.29, 0.717) is 42.3 Å². The SMILES string of the molecule is CCOc1ccc(Cl)cc1S(=O)(=O)N1CCCC(C(=O)Nc2cccc(C#N)c2)C1. The molecule has 2 aromatic rings. The summed E-state index contributed by atoms with van der Waals surface area (Å²) in [6.45, 7) is 2.46. The van der Waals surface area contributed by atoms with Gasteiger partial charge in [-0.1, -0.05) is 17.7 Å². The molecule has 0 bridgehead atoms. The first-order valence-electron chi connectivity index (χ1n) is 9.58. The van der Waals surface area contributed by atoms with E-state index >= 15 is 0 Å². The van der Waals surface area contributed by atoms with Gasteiger partial charge in [-0.25, -0.2) is 8.42 Å². The Bertz CT molecular complexity index is 1080. The third-order valence-corrected chi connectivity index (χ3v) is 6.96. The van der Waals surface area contributed by atoms with Gasteiger partial charge in [0.1, 0.15) is 10.6 Å². The van der Waals surface area contributed by atoms with Gasteiger partial charge in [-0.2, -0.15) is 9.57 Å². The van der Waals surface area contributed by atoms with Crippen LogP contribution in [0.25, 0.3) is 0 Å². The summed E-state index contributed by atoms with van der Waals surface area (Å²) in [5.74, 6) is -0.545. The lowest BCUT2D eigenvalue weighted by Gasteiger charge is -2.31. The maximum Gasteiger partial charge on any atom is 0.246 e. The van der Waals surface area contributed by atoms with Crippen LogP contribution < -0.4 is 10.1 Å². The topological polar surface area (TPSA) is 99.5 Å². The molecule has 1 heterocycles. The maximum atomic E-state index is 13.3. The monoisotopic (exact) mass is 447 g/mol. The van der Waals surface area contributed by atoms with Gasteiger partial charge in [0.05, 0.1) is 24.2 Å². The number of nitriles is 1. The normalized spacial score (nSPS) is 17.2. The molecule has 1 unspecified atom stereocenters. The summed E-state index contributed by atoms with van der Waals surface area (Å²) in [4.78, 5) is 12.7. The van der Waals surface area contributed by atoms with Crippen LogP contribution in [-0.4, -0.2) is 38.3 Å². The number of anilines is 1. The van der Waals surface area contributed by atoms with E-state index in [-0.39, 0.29) is 23.1 Å². The highest BCUT2D eigenvalue weighted by atomic mass is 35.5. The highest BCUT2D eigenvalue weighted by Gasteiger charge is 2.35. The van der Waals surface area contributed by atoms with Crippen molar-refractivity contribution in [3.05, 3.63) is 53.1 Å². The average molecular weight is 448 g/mol. The first-order chi connectivity index (χ1) is 14.3. The van der Waals surface area contributed by atoms with E-state index in [2.05, 4.69) is 5.32 Å². The Hall–Kier alpha value is -2.60. The van der Waals surface area contributed by atoms with E-state index < -0.39 is 15.9 Å². The van der Waals surface area contributed by atoms with Crippen LogP contribution in [0.1, 0.15) is 25.3 Å². The number of carbonyl (C=O) groups is 1. The van der Waals surface area contributed by atoms with Gasteiger partial charge in [0, 0.05) is 23.8 Å². The fourth-order valence-electron chi connectivity index (χ4n) is 3.38. The number of carbonyl (C=O) groups excluding carboxylic acids is 1. The number of nitrogens with zero attached hydrogens (tertiary/aromatic N) is 2. The zero-order chi connectivity index (χ0) is 21.7. The van der Waals surface area contributed by atoms with Crippen molar-refractivity contribution in [3.63, 3.8) is 0 Å². The molecule has 1 fully saturated rings. The molecule has 0 saturated carbocycles. The zero-order valence-electron chi connectivity index (χ0n) is 16.5. The predicted octanol–water partition coefficient (Wildman–Crippen LogP) is 3.65. The van der Waals surface area contributed by atoms with Crippen molar-refractivity contribution < 1.29 is 17.9 Å². The van der Waals surface area contributed by atoms with Gasteiger partial charge >= 0.3 is 0 Å². The molecule has 0 aliphatic carbocycles. The van der Waals surface area contributed by atoms with E-state index in [1.165, 1.54) is 16.4 Å². The molecular weight excluding hydrogens is 426 g/mol. The van der Waals surface area contributed by atoms with E-state index in [9.17, 15) is 13.2 Å². The van der Waals surface area contributed by atoms with Crippen LogP contribution in [0.15, 0.2) is 47.4 Å². The lowest BCUT2D eigenvalue weighted by Crippen LogP contribution is -2.43. The first-order valence-corrected chi connectivity index (χ1v) is 11.4. The minimum Gasteiger partial charge on any atom is -0.492 e. The van der Waals surface area contributed by atoms with E-state index in [4.69, 9.17) is 21.6 Å². The molecule has 3 rings (SSSR count). The molecule has 0 spiro atoms. The fraction of sp³-hybridized carbons (Fsp3) is 0.333. The lowest BCUT2D eigenvalue weighted by molar-refractivity contribution is -0.120. The quantitative estimate of drug-likeness (QED) is 0.728. The molecule has 7 nitrogen and oxygen atoms in total.